The molecule has 4 N–H and O–H groups in total. The van der Waals surface area contributed by atoms with Crippen molar-refractivity contribution in [3.63, 3.8) is 0 Å². The molecular formula is C20H18Cl2N6O2S. The van der Waals surface area contributed by atoms with Crippen LogP contribution >= 0.6 is 35.0 Å². The van der Waals surface area contributed by atoms with Gasteiger partial charge >= 0.3 is 0 Å². The number of nitrogens with zero attached hydrogens (tertiary/aromatic N) is 3. The summed E-state index contributed by atoms with van der Waals surface area (Å²) in [5, 5.41) is 15.0. The molecule has 1 aliphatic carbocycles. The van der Waals surface area contributed by atoms with E-state index < -0.39 is 0 Å². The number of carbonyl (C=O) groups is 2. The van der Waals surface area contributed by atoms with Gasteiger partial charge in [-0.05, 0) is 49.2 Å². The van der Waals surface area contributed by atoms with E-state index in [2.05, 4.69) is 20.8 Å². The predicted molar refractivity (Wildman–Crippen MR) is 122 cm³/mol. The molecule has 1 fully saturated rings. The quantitative estimate of drug-likeness (QED) is 0.354. The lowest BCUT2D eigenvalue weighted by Gasteiger charge is -2.08. The molecule has 11 heteroatoms. The molecule has 1 heterocycles. The summed E-state index contributed by atoms with van der Waals surface area (Å²) in [6.07, 6.45) is 2.02. The fourth-order valence-corrected chi connectivity index (χ4v) is 3.94. The Morgan fingerprint density at radius 2 is 1.97 bits per heavy atom. The Morgan fingerprint density at radius 1 is 1.16 bits per heavy atom. The lowest BCUT2D eigenvalue weighted by Crippen LogP contribution is -2.25. The fourth-order valence-electron chi connectivity index (χ4n) is 2.79. The van der Waals surface area contributed by atoms with E-state index in [-0.39, 0.29) is 23.6 Å². The summed E-state index contributed by atoms with van der Waals surface area (Å²) in [6.45, 7) is 0. The molecule has 0 spiro atoms. The molecule has 4 rings (SSSR count). The minimum atomic E-state index is -0.265. The van der Waals surface area contributed by atoms with Crippen molar-refractivity contribution in [1.82, 2.24) is 20.2 Å². The van der Waals surface area contributed by atoms with Crippen LogP contribution in [0.25, 0.3) is 11.4 Å². The Labute approximate surface area is 192 Å². The molecule has 0 saturated heterocycles. The average molecular weight is 477 g/mol. The third-order valence-corrected chi connectivity index (χ3v) is 5.98. The van der Waals surface area contributed by atoms with Crippen LogP contribution in [0.5, 0.6) is 0 Å². The smallest absolute Gasteiger partial charge is 0.251 e. The third-order valence-electron chi connectivity index (χ3n) is 4.49. The van der Waals surface area contributed by atoms with Crippen LogP contribution in [0.2, 0.25) is 10.0 Å². The molecule has 2 amide bonds. The Bertz CT molecular complexity index is 1150. The summed E-state index contributed by atoms with van der Waals surface area (Å²) < 4.78 is 1.27. The number of halogens is 2. The Kier molecular flexibility index (Phi) is 6.35. The van der Waals surface area contributed by atoms with Crippen molar-refractivity contribution in [2.45, 2.75) is 24.0 Å². The Hall–Kier alpha value is -2.75. The number of amides is 2. The molecule has 160 valence electrons. The topological polar surface area (TPSA) is 115 Å². The van der Waals surface area contributed by atoms with Gasteiger partial charge in [0, 0.05) is 27.9 Å². The number of nitrogens with two attached hydrogens (primary N) is 1. The van der Waals surface area contributed by atoms with Gasteiger partial charge in [-0.25, -0.2) is 4.68 Å². The second kappa shape index (κ2) is 9.17. The molecule has 3 aromatic rings. The minimum absolute atomic E-state index is 0.0577. The van der Waals surface area contributed by atoms with Crippen LogP contribution in [-0.2, 0) is 4.79 Å². The summed E-state index contributed by atoms with van der Waals surface area (Å²) >= 11 is 13.3. The van der Waals surface area contributed by atoms with Crippen molar-refractivity contribution in [2.24, 2.45) is 0 Å². The van der Waals surface area contributed by atoms with Crippen LogP contribution in [0.15, 0.2) is 47.6 Å². The number of nitrogen functional groups attached to an aromatic ring is 1. The Morgan fingerprint density at radius 3 is 2.71 bits per heavy atom. The second-order valence-electron chi connectivity index (χ2n) is 6.97. The molecule has 0 unspecified atom stereocenters. The minimum Gasteiger partial charge on any atom is -0.349 e. The lowest BCUT2D eigenvalue weighted by atomic mass is 10.2. The van der Waals surface area contributed by atoms with Crippen molar-refractivity contribution < 1.29 is 9.59 Å². The molecule has 31 heavy (non-hydrogen) atoms. The van der Waals surface area contributed by atoms with Gasteiger partial charge in [-0.1, -0.05) is 41.0 Å². The summed E-state index contributed by atoms with van der Waals surface area (Å²) in [5.41, 5.74) is 1.62. The number of benzene rings is 2. The van der Waals surface area contributed by atoms with Crippen molar-refractivity contribution in [1.29, 1.82) is 0 Å². The van der Waals surface area contributed by atoms with E-state index >= 15 is 0 Å². The van der Waals surface area contributed by atoms with E-state index in [1.54, 1.807) is 42.5 Å². The van der Waals surface area contributed by atoms with Gasteiger partial charge in [0.15, 0.2) is 5.82 Å². The maximum Gasteiger partial charge on any atom is 0.251 e. The predicted octanol–water partition coefficient (Wildman–Crippen LogP) is 3.59. The zero-order chi connectivity index (χ0) is 22.0. The zero-order valence-corrected chi connectivity index (χ0v) is 18.5. The summed E-state index contributed by atoms with van der Waals surface area (Å²) in [4.78, 5) is 24.5. The van der Waals surface area contributed by atoms with Crippen LogP contribution in [0, 0.1) is 0 Å². The third kappa shape index (κ3) is 5.30. The van der Waals surface area contributed by atoms with Gasteiger partial charge in [-0.2, -0.15) is 0 Å². The average Bonchev–Trinajstić information content (AvgIpc) is 3.48. The number of thioether (sulfide) groups is 1. The summed E-state index contributed by atoms with van der Waals surface area (Å²) in [6, 6.07) is 12.0. The maximum atomic E-state index is 12.4. The van der Waals surface area contributed by atoms with Gasteiger partial charge in [0.2, 0.25) is 11.1 Å². The van der Waals surface area contributed by atoms with E-state index in [9.17, 15) is 9.59 Å². The normalized spacial score (nSPS) is 13.1. The van der Waals surface area contributed by atoms with Crippen molar-refractivity contribution in [2.75, 3.05) is 16.9 Å². The monoisotopic (exact) mass is 476 g/mol. The molecule has 2 aromatic carbocycles. The standard InChI is InChI=1S/C20H18Cl2N6O2S/c21-12-4-7-15(16(22)9-12)18-26-27-20(28(18)23)31-10-17(29)24-14-3-1-2-11(8-14)19(30)25-13-5-6-13/h1-4,7-9,13H,5-6,10,23H2,(H,24,29)(H,25,30). The largest absolute Gasteiger partial charge is 0.349 e. The highest BCUT2D eigenvalue weighted by Gasteiger charge is 2.24. The lowest BCUT2D eigenvalue weighted by molar-refractivity contribution is -0.113. The molecule has 1 aliphatic rings. The highest BCUT2D eigenvalue weighted by Crippen LogP contribution is 2.30. The van der Waals surface area contributed by atoms with E-state index in [1.807, 2.05) is 0 Å². The molecule has 0 bridgehead atoms. The van der Waals surface area contributed by atoms with Crippen molar-refractivity contribution >= 4 is 52.5 Å². The van der Waals surface area contributed by atoms with E-state index in [0.29, 0.717) is 37.8 Å². The first-order valence-corrected chi connectivity index (χ1v) is 11.1. The number of hydrogen-bond acceptors (Lipinski definition) is 6. The molecule has 8 nitrogen and oxygen atoms in total. The molecule has 1 saturated carbocycles. The SMILES string of the molecule is Nn1c(SCC(=O)Nc2cccc(C(=O)NC3CC3)c2)nnc1-c1ccc(Cl)cc1Cl. The highest BCUT2D eigenvalue weighted by molar-refractivity contribution is 7.99. The van der Waals surface area contributed by atoms with Gasteiger partial charge in [-0.15, -0.1) is 10.2 Å². The highest BCUT2D eigenvalue weighted by atomic mass is 35.5. The Balaban J connectivity index is 1.37. The number of rotatable bonds is 7. The first kappa shape index (κ1) is 21.5. The number of nitrogens with one attached hydrogen (secondary N) is 2. The number of hydrogen-bond donors (Lipinski definition) is 3. The first-order valence-electron chi connectivity index (χ1n) is 9.40. The fraction of sp³-hybridized carbons (Fsp3) is 0.200. The van der Waals surface area contributed by atoms with Crippen molar-refractivity contribution in [3.05, 3.63) is 58.1 Å². The molecular weight excluding hydrogens is 459 g/mol. The van der Waals surface area contributed by atoms with Crippen molar-refractivity contribution in [3.8, 4) is 11.4 Å². The van der Waals surface area contributed by atoms with E-state index in [1.165, 1.54) is 4.68 Å². The summed E-state index contributed by atoms with van der Waals surface area (Å²) in [5.74, 6) is 6.09. The second-order valence-corrected chi connectivity index (χ2v) is 8.75. The number of aromatic nitrogens is 3. The number of anilines is 1. The summed E-state index contributed by atoms with van der Waals surface area (Å²) in [7, 11) is 0. The van der Waals surface area contributed by atoms with Crippen LogP contribution in [0.4, 0.5) is 5.69 Å². The van der Waals surface area contributed by atoms with E-state index in [0.717, 1.165) is 24.6 Å². The molecule has 0 aliphatic heterocycles. The van der Waals surface area contributed by atoms with E-state index in [4.69, 9.17) is 29.0 Å². The van der Waals surface area contributed by atoms with Crippen LogP contribution in [0.3, 0.4) is 0 Å². The van der Waals surface area contributed by atoms with Crippen LogP contribution in [-0.4, -0.2) is 38.5 Å². The van der Waals surface area contributed by atoms with Crippen LogP contribution in [0.1, 0.15) is 23.2 Å². The van der Waals surface area contributed by atoms with Gasteiger partial charge in [0.25, 0.3) is 5.91 Å². The van der Waals surface area contributed by atoms with Gasteiger partial charge in [0.1, 0.15) is 0 Å². The van der Waals surface area contributed by atoms with Gasteiger partial charge in [0.05, 0.1) is 10.8 Å². The molecule has 0 atom stereocenters. The molecule has 0 radical (unpaired) electrons. The van der Waals surface area contributed by atoms with Crippen LogP contribution < -0.4 is 16.5 Å². The van der Waals surface area contributed by atoms with Gasteiger partial charge in [-0.3, -0.25) is 9.59 Å². The number of carbonyl (C=O) groups excluding carboxylic acids is 2. The zero-order valence-electron chi connectivity index (χ0n) is 16.1. The maximum absolute atomic E-state index is 12.4. The molecule has 1 aromatic heterocycles. The first-order chi connectivity index (χ1) is 14.9. The van der Waals surface area contributed by atoms with Gasteiger partial charge < -0.3 is 16.5 Å².